The maximum absolute atomic E-state index is 11.5. The van der Waals surface area contributed by atoms with Crippen molar-refractivity contribution in [1.82, 2.24) is 5.32 Å². The molecule has 3 heteroatoms. The molecule has 1 aromatic rings. The van der Waals surface area contributed by atoms with Gasteiger partial charge in [-0.15, -0.1) is 0 Å². The van der Waals surface area contributed by atoms with Crippen molar-refractivity contribution in [3.05, 3.63) is 35.9 Å². The molecule has 1 rings (SSSR count). The van der Waals surface area contributed by atoms with Gasteiger partial charge in [0, 0.05) is 6.54 Å². The topological polar surface area (TPSA) is 49.3 Å². The van der Waals surface area contributed by atoms with Crippen LogP contribution in [0, 0.1) is 5.41 Å². The maximum Gasteiger partial charge on any atom is 0.328 e. The molecule has 0 fully saturated rings. The van der Waals surface area contributed by atoms with Gasteiger partial charge in [0.15, 0.2) is 0 Å². The molecule has 17 heavy (non-hydrogen) atoms. The first-order valence-corrected chi connectivity index (χ1v) is 5.80. The molecule has 1 aromatic carbocycles. The summed E-state index contributed by atoms with van der Waals surface area (Å²) in [6.07, 6.45) is 0. The number of benzene rings is 1. The van der Waals surface area contributed by atoms with Crippen LogP contribution >= 0.6 is 0 Å². The zero-order chi connectivity index (χ0) is 13.1. The summed E-state index contributed by atoms with van der Waals surface area (Å²) in [5, 5.41) is 12.6. The molecular formula is C14H21NO2. The van der Waals surface area contributed by atoms with E-state index in [1.54, 1.807) is 6.92 Å². The minimum absolute atomic E-state index is 0.0471. The third kappa shape index (κ3) is 3.56. The highest BCUT2D eigenvalue weighted by molar-refractivity contribution is 5.80. The average Bonchev–Trinajstić information content (AvgIpc) is 2.26. The third-order valence-corrected chi connectivity index (χ3v) is 2.75. The van der Waals surface area contributed by atoms with Crippen LogP contribution < -0.4 is 5.32 Å². The molecule has 0 saturated carbocycles. The summed E-state index contributed by atoms with van der Waals surface area (Å²) in [7, 11) is 0. The largest absolute Gasteiger partial charge is 0.480 e. The lowest BCUT2D eigenvalue weighted by Crippen LogP contribution is -2.49. The minimum atomic E-state index is -1.03. The SMILES string of the molecule is CC(C)(C)CNC(C)(C(=O)O)c1ccccc1. The van der Waals surface area contributed by atoms with Gasteiger partial charge < -0.3 is 5.11 Å². The maximum atomic E-state index is 11.5. The summed E-state index contributed by atoms with van der Waals surface area (Å²) in [5.41, 5.74) is -0.211. The zero-order valence-electron chi connectivity index (χ0n) is 10.9. The monoisotopic (exact) mass is 235 g/mol. The molecule has 0 bridgehead atoms. The summed E-state index contributed by atoms with van der Waals surface area (Å²) in [4.78, 5) is 11.5. The molecule has 0 heterocycles. The molecular weight excluding hydrogens is 214 g/mol. The van der Waals surface area contributed by atoms with Crippen LogP contribution in [-0.4, -0.2) is 17.6 Å². The van der Waals surface area contributed by atoms with Crippen LogP contribution in [-0.2, 0) is 10.3 Å². The Kier molecular flexibility index (Phi) is 3.94. The first-order valence-electron chi connectivity index (χ1n) is 5.80. The number of aliphatic carboxylic acids is 1. The molecule has 0 aliphatic heterocycles. The Morgan fingerprint density at radius 1 is 1.18 bits per heavy atom. The highest BCUT2D eigenvalue weighted by Gasteiger charge is 2.35. The molecule has 0 aromatic heterocycles. The van der Waals surface area contributed by atoms with Gasteiger partial charge in [-0.3, -0.25) is 5.32 Å². The van der Waals surface area contributed by atoms with Crippen molar-refractivity contribution < 1.29 is 9.90 Å². The second kappa shape index (κ2) is 4.88. The number of carboxylic acid groups (broad SMARTS) is 1. The van der Waals surface area contributed by atoms with E-state index >= 15 is 0 Å². The Morgan fingerprint density at radius 3 is 2.12 bits per heavy atom. The van der Waals surface area contributed by atoms with E-state index in [9.17, 15) is 9.90 Å². The van der Waals surface area contributed by atoms with Crippen molar-refractivity contribution in [3.63, 3.8) is 0 Å². The van der Waals surface area contributed by atoms with Crippen LogP contribution in [0.25, 0.3) is 0 Å². The first kappa shape index (κ1) is 13.7. The number of rotatable bonds is 4. The van der Waals surface area contributed by atoms with Crippen molar-refractivity contribution in [2.45, 2.75) is 33.2 Å². The average molecular weight is 235 g/mol. The van der Waals surface area contributed by atoms with Gasteiger partial charge in [0.05, 0.1) is 0 Å². The third-order valence-electron chi connectivity index (χ3n) is 2.75. The van der Waals surface area contributed by atoms with Crippen LogP contribution in [0.4, 0.5) is 0 Å². The van der Waals surface area contributed by atoms with Gasteiger partial charge in [0.25, 0.3) is 0 Å². The Labute approximate surface area is 103 Å². The molecule has 1 atom stereocenters. The molecule has 3 nitrogen and oxygen atoms in total. The van der Waals surface area contributed by atoms with E-state index in [0.717, 1.165) is 5.56 Å². The van der Waals surface area contributed by atoms with E-state index in [2.05, 4.69) is 26.1 Å². The fourth-order valence-electron chi connectivity index (χ4n) is 1.51. The van der Waals surface area contributed by atoms with Gasteiger partial charge in [0.1, 0.15) is 5.54 Å². The van der Waals surface area contributed by atoms with Crippen molar-refractivity contribution >= 4 is 5.97 Å². The molecule has 0 spiro atoms. The molecule has 0 aliphatic carbocycles. The van der Waals surface area contributed by atoms with E-state index in [4.69, 9.17) is 0 Å². The van der Waals surface area contributed by atoms with E-state index in [0.29, 0.717) is 6.54 Å². The fraction of sp³-hybridized carbons (Fsp3) is 0.500. The van der Waals surface area contributed by atoms with E-state index in [1.165, 1.54) is 0 Å². The van der Waals surface area contributed by atoms with Crippen molar-refractivity contribution in [3.8, 4) is 0 Å². The van der Waals surface area contributed by atoms with Crippen molar-refractivity contribution in [2.24, 2.45) is 5.41 Å². The predicted molar refractivity (Wildman–Crippen MR) is 68.9 cm³/mol. The summed E-state index contributed by atoms with van der Waals surface area (Å²) in [6.45, 7) is 8.58. The summed E-state index contributed by atoms with van der Waals surface area (Å²) < 4.78 is 0. The molecule has 2 N–H and O–H groups in total. The number of hydrogen-bond acceptors (Lipinski definition) is 2. The summed E-state index contributed by atoms with van der Waals surface area (Å²) >= 11 is 0. The quantitative estimate of drug-likeness (QED) is 0.843. The number of carbonyl (C=O) groups is 1. The number of nitrogens with one attached hydrogen (secondary N) is 1. The van der Waals surface area contributed by atoms with Crippen LogP contribution in [0.3, 0.4) is 0 Å². The van der Waals surface area contributed by atoms with Gasteiger partial charge >= 0.3 is 5.97 Å². The Bertz CT molecular complexity index is 381. The zero-order valence-corrected chi connectivity index (χ0v) is 10.9. The Morgan fingerprint density at radius 2 is 1.71 bits per heavy atom. The van der Waals surface area contributed by atoms with Gasteiger partial charge in [-0.2, -0.15) is 0 Å². The fourth-order valence-corrected chi connectivity index (χ4v) is 1.51. The van der Waals surface area contributed by atoms with Crippen LogP contribution in [0.1, 0.15) is 33.3 Å². The van der Waals surface area contributed by atoms with Crippen molar-refractivity contribution in [1.29, 1.82) is 0 Å². The highest BCUT2D eigenvalue weighted by atomic mass is 16.4. The molecule has 94 valence electrons. The number of hydrogen-bond donors (Lipinski definition) is 2. The molecule has 0 radical (unpaired) electrons. The van der Waals surface area contributed by atoms with Crippen LogP contribution in [0.2, 0.25) is 0 Å². The van der Waals surface area contributed by atoms with Gasteiger partial charge in [-0.1, -0.05) is 51.1 Å². The lowest BCUT2D eigenvalue weighted by Gasteiger charge is -2.31. The Balaban J connectivity index is 2.95. The molecule has 0 aliphatic rings. The standard InChI is InChI=1S/C14H21NO2/c1-13(2,3)10-15-14(4,12(16)17)11-8-6-5-7-9-11/h5-9,15H,10H2,1-4H3,(H,16,17). The summed E-state index contributed by atoms with van der Waals surface area (Å²) in [6, 6.07) is 9.27. The highest BCUT2D eigenvalue weighted by Crippen LogP contribution is 2.23. The lowest BCUT2D eigenvalue weighted by atomic mass is 9.89. The second-order valence-corrected chi connectivity index (χ2v) is 5.71. The van der Waals surface area contributed by atoms with E-state index < -0.39 is 11.5 Å². The van der Waals surface area contributed by atoms with Crippen LogP contribution in [0.15, 0.2) is 30.3 Å². The number of carboxylic acids is 1. The van der Waals surface area contributed by atoms with Gasteiger partial charge in [-0.25, -0.2) is 4.79 Å². The van der Waals surface area contributed by atoms with Gasteiger partial charge in [-0.05, 0) is 17.9 Å². The second-order valence-electron chi connectivity index (χ2n) is 5.71. The van der Waals surface area contributed by atoms with E-state index in [-0.39, 0.29) is 5.41 Å². The predicted octanol–water partition coefficient (Wildman–Crippen LogP) is 2.62. The molecule has 0 amide bonds. The molecule has 1 unspecified atom stereocenters. The van der Waals surface area contributed by atoms with E-state index in [1.807, 2.05) is 30.3 Å². The normalized spacial score (nSPS) is 15.3. The van der Waals surface area contributed by atoms with Crippen molar-refractivity contribution in [2.75, 3.05) is 6.54 Å². The van der Waals surface area contributed by atoms with Crippen LogP contribution in [0.5, 0.6) is 0 Å². The smallest absolute Gasteiger partial charge is 0.328 e. The Hall–Kier alpha value is -1.35. The lowest BCUT2D eigenvalue weighted by molar-refractivity contribution is -0.144. The minimum Gasteiger partial charge on any atom is -0.480 e. The molecule has 0 saturated heterocycles. The van der Waals surface area contributed by atoms with Gasteiger partial charge in [0.2, 0.25) is 0 Å². The first-order chi connectivity index (χ1) is 7.76. The summed E-state index contributed by atoms with van der Waals surface area (Å²) in [5.74, 6) is -0.854.